The van der Waals surface area contributed by atoms with Gasteiger partial charge in [0.05, 0.1) is 17.7 Å². The molecule has 20 heavy (non-hydrogen) atoms. The maximum atomic E-state index is 12.3. The van der Waals surface area contributed by atoms with Crippen molar-refractivity contribution in [3.05, 3.63) is 41.2 Å². The van der Waals surface area contributed by atoms with Gasteiger partial charge in [-0.2, -0.15) is 0 Å². The maximum Gasteiger partial charge on any atom is 0.340 e. The van der Waals surface area contributed by atoms with Gasteiger partial charge in [-0.05, 0) is 37.5 Å². The van der Waals surface area contributed by atoms with Crippen molar-refractivity contribution in [2.45, 2.75) is 46.5 Å². The zero-order chi connectivity index (χ0) is 14.5. The number of nitrogens with zero attached hydrogens (tertiary/aromatic N) is 1. The summed E-state index contributed by atoms with van der Waals surface area (Å²) in [5, 5.41) is 0. The summed E-state index contributed by atoms with van der Waals surface area (Å²) in [6, 6.07) is 5.99. The minimum atomic E-state index is -0.193. The third-order valence-corrected chi connectivity index (χ3v) is 3.52. The Balaban J connectivity index is 2.68. The number of hydrogen-bond donors (Lipinski definition) is 0. The molecule has 3 nitrogen and oxygen atoms in total. The standard InChI is InChI=1S/C17H23NO2/c1-4-9-13-14(10-5-2)18-12-8-7-11-15(18)16(13)17(19)20-6-3/h7-8,11-12H,4-6,9-10H2,1-3H3. The summed E-state index contributed by atoms with van der Waals surface area (Å²) in [5.74, 6) is -0.193. The number of esters is 1. The Kier molecular flexibility index (Phi) is 4.83. The average molecular weight is 273 g/mol. The highest BCUT2D eigenvalue weighted by atomic mass is 16.5. The van der Waals surface area contributed by atoms with Crippen LogP contribution in [0, 0.1) is 0 Å². The van der Waals surface area contributed by atoms with Gasteiger partial charge in [-0.1, -0.05) is 32.8 Å². The molecule has 0 amide bonds. The molecule has 0 aliphatic rings. The number of carbonyl (C=O) groups excluding carboxylic acids is 1. The van der Waals surface area contributed by atoms with E-state index in [0.717, 1.165) is 36.8 Å². The fourth-order valence-electron chi connectivity index (χ4n) is 2.78. The molecule has 0 N–H and O–H groups in total. The van der Waals surface area contributed by atoms with Crippen molar-refractivity contribution >= 4 is 11.5 Å². The Hall–Kier alpha value is -1.77. The van der Waals surface area contributed by atoms with Crippen LogP contribution in [-0.4, -0.2) is 17.0 Å². The predicted molar refractivity (Wildman–Crippen MR) is 81.3 cm³/mol. The number of aromatic nitrogens is 1. The molecule has 0 spiro atoms. The molecule has 0 saturated carbocycles. The van der Waals surface area contributed by atoms with E-state index in [0.29, 0.717) is 6.61 Å². The van der Waals surface area contributed by atoms with E-state index in [1.807, 2.05) is 31.3 Å². The van der Waals surface area contributed by atoms with Gasteiger partial charge in [-0.25, -0.2) is 4.79 Å². The molecule has 3 heteroatoms. The summed E-state index contributed by atoms with van der Waals surface area (Å²) in [7, 11) is 0. The lowest BCUT2D eigenvalue weighted by Crippen LogP contribution is -2.07. The second-order valence-electron chi connectivity index (χ2n) is 4.98. The Morgan fingerprint density at radius 3 is 2.55 bits per heavy atom. The van der Waals surface area contributed by atoms with E-state index >= 15 is 0 Å². The third-order valence-electron chi connectivity index (χ3n) is 3.52. The molecule has 0 aliphatic carbocycles. The van der Waals surface area contributed by atoms with Gasteiger partial charge in [0.2, 0.25) is 0 Å². The van der Waals surface area contributed by atoms with Gasteiger partial charge >= 0.3 is 5.97 Å². The van der Waals surface area contributed by atoms with Crippen LogP contribution >= 0.6 is 0 Å². The molecule has 2 rings (SSSR count). The average Bonchev–Trinajstić information content (AvgIpc) is 2.75. The summed E-state index contributed by atoms with van der Waals surface area (Å²) in [6.45, 7) is 6.58. The van der Waals surface area contributed by atoms with E-state index in [4.69, 9.17) is 4.74 Å². The number of ether oxygens (including phenoxy) is 1. The molecule has 0 fully saturated rings. The van der Waals surface area contributed by atoms with Gasteiger partial charge in [0.15, 0.2) is 0 Å². The first kappa shape index (κ1) is 14.6. The van der Waals surface area contributed by atoms with Gasteiger partial charge in [0, 0.05) is 11.9 Å². The van der Waals surface area contributed by atoms with Crippen LogP contribution in [0.5, 0.6) is 0 Å². The van der Waals surface area contributed by atoms with Crippen molar-refractivity contribution < 1.29 is 9.53 Å². The third kappa shape index (κ3) is 2.58. The molecule has 0 atom stereocenters. The lowest BCUT2D eigenvalue weighted by molar-refractivity contribution is 0.0527. The topological polar surface area (TPSA) is 30.7 Å². The summed E-state index contributed by atoms with van der Waals surface area (Å²) < 4.78 is 7.42. The van der Waals surface area contributed by atoms with Gasteiger partial charge in [0.1, 0.15) is 0 Å². The first-order valence-corrected chi connectivity index (χ1v) is 7.52. The number of rotatable bonds is 6. The second-order valence-corrected chi connectivity index (χ2v) is 4.98. The number of fused-ring (bicyclic) bond motifs is 1. The largest absolute Gasteiger partial charge is 0.462 e. The minimum absolute atomic E-state index is 0.193. The predicted octanol–water partition coefficient (Wildman–Crippen LogP) is 4.02. The van der Waals surface area contributed by atoms with E-state index in [2.05, 4.69) is 18.2 Å². The monoisotopic (exact) mass is 273 g/mol. The van der Waals surface area contributed by atoms with Crippen molar-refractivity contribution in [3.8, 4) is 0 Å². The molecular formula is C17H23NO2. The Morgan fingerprint density at radius 1 is 1.15 bits per heavy atom. The molecule has 2 aromatic heterocycles. The Bertz CT molecular complexity index is 598. The minimum Gasteiger partial charge on any atom is -0.462 e. The molecule has 0 aromatic carbocycles. The zero-order valence-corrected chi connectivity index (χ0v) is 12.6. The van der Waals surface area contributed by atoms with Gasteiger partial charge in [-0.3, -0.25) is 0 Å². The second kappa shape index (κ2) is 6.60. The first-order chi connectivity index (χ1) is 9.74. The van der Waals surface area contributed by atoms with E-state index in [1.54, 1.807) is 0 Å². The highest BCUT2D eigenvalue weighted by Crippen LogP contribution is 2.27. The molecule has 0 unspecified atom stereocenters. The summed E-state index contributed by atoms with van der Waals surface area (Å²) in [6.07, 6.45) is 6.05. The number of carbonyl (C=O) groups is 1. The summed E-state index contributed by atoms with van der Waals surface area (Å²) in [5.41, 5.74) is 4.16. The van der Waals surface area contributed by atoms with Crippen molar-refractivity contribution in [1.29, 1.82) is 0 Å². The molecule has 0 saturated heterocycles. The maximum absolute atomic E-state index is 12.3. The molecule has 0 radical (unpaired) electrons. The van der Waals surface area contributed by atoms with E-state index in [-0.39, 0.29) is 5.97 Å². The highest BCUT2D eigenvalue weighted by Gasteiger charge is 2.22. The van der Waals surface area contributed by atoms with Crippen molar-refractivity contribution in [1.82, 2.24) is 4.40 Å². The SMILES string of the molecule is CCCc1c(C(=O)OCC)c2ccccn2c1CCC. The van der Waals surface area contributed by atoms with Crippen LogP contribution in [0.3, 0.4) is 0 Å². The lowest BCUT2D eigenvalue weighted by Gasteiger charge is -2.06. The van der Waals surface area contributed by atoms with Crippen LogP contribution < -0.4 is 0 Å². The summed E-state index contributed by atoms with van der Waals surface area (Å²) >= 11 is 0. The smallest absolute Gasteiger partial charge is 0.340 e. The zero-order valence-electron chi connectivity index (χ0n) is 12.6. The number of aryl methyl sites for hydroxylation is 1. The van der Waals surface area contributed by atoms with Crippen LogP contribution in [0.15, 0.2) is 24.4 Å². The van der Waals surface area contributed by atoms with Gasteiger partial charge < -0.3 is 9.14 Å². The van der Waals surface area contributed by atoms with Crippen LogP contribution in [-0.2, 0) is 17.6 Å². The molecule has 2 heterocycles. The lowest BCUT2D eigenvalue weighted by atomic mass is 10.0. The van der Waals surface area contributed by atoms with Crippen LogP contribution in [0.1, 0.15) is 55.2 Å². The number of pyridine rings is 1. The van der Waals surface area contributed by atoms with Crippen molar-refractivity contribution in [2.24, 2.45) is 0 Å². The molecule has 2 aromatic rings. The molecule has 0 aliphatic heterocycles. The Labute approximate surface area is 120 Å². The van der Waals surface area contributed by atoms with Crippen molar-refractivity contribution in [2.75, 3.05) is 6.61 Å². The highest BCUT2D eigenvalue weighted by molar-refractivity contribution is 5.99. The van der Waals surface area contributed by atoms with Gasteiger partial charge in [-0.15, -0.1) is 0 Å². The fraction of sp³-hybridized carbons (Fsp3) is 0.471. The van der Waals surface area contributed by atoms with Gasteiger partial charge in [0.25, 0.3) is 0 Å². The Morgan fingerprint density at radius 2 is 1.90 bits per heavy atom. The fourth-order valence-corrected chi connectivity index (χ4v) is 2.78. The van der Waals surface area contributed by atoms with Crippen LogP contribution in [0.25, 0.3) is 5.52 Å². The molecule has 108 valence electrons. The molecule has 0 bridgehead atoms. The van der Waals surface area contributed by atoms with Crippen LogP contribution in [0.2, 0.25) is 0 Å². The van der Waals surface area contributed by atoms with E-state index in [9.17, 15) is 4.79 Å². The van der Waals surface area contributed by atoms with Crippen molar-refractivity contribution in [3.63, 3.8) is 0 Å². The summed E-state index contributed by atoms with van der Waals surface area (Å²) in [4.78, 5) is 12.3. The normalized spacial score (nSPS) is 10.9. The van der Waals surface area contributed by atoms with E-state index < -0.39 is 0 Å². The van der Waals surface area contributed by atoms with Crippen LogP contribution in [0.4, 0.5) is 0 Å². The molecular weight excluding hydrogens is 250 g/mol. The van der Waals surface area contributed by atoms with E-state index in [1.165, 1.54) is 11.3 Å². The number of hydrogen-bond acceptors (Lipinski definition) is 2. The quantitative estimate of drug-likeness (QED) is 0.744. The first-order valence-electron chi connectivity index (χ1n) is 7.52.